The van der Waals surface area contributed by atoms with Gasteiger partial charge in [-0.15, -0.1) is 0 Å². The van der Waals surface area contributed by atoms with Crippen LogP contribution in [0.3, 0.4) is 0 Å². The second-order valence-electron chi connectivity index (χ2n) is 5.60. The lowest BCUT2D eigenvalue weighted by Gasteiger charge is -2.15. The Hall–Kier alpha value is -2.83. The number of furan rings is 1. The number of nitrogens with one attached hydrogen (secondary N) is 1. The zero-order valence-corrected chi connectivity index (χ0v) is 13.8. The maximum absolute atomic E-state index is 12.1. The molecule has 0 saturated heterocycles. The third-order valence-corrected chi connectivity index (χ3v) is 3.59. The van der Waals surface area contributed by atoms with Crippen LogP contribution in [-0.4, -0.2) is 29.3 Å². The van der Waals surface area contributed by atoms with Gasteiger partial charge < -0.3 is 14.6 Å². The van der Waals surface area contributed by atoms with Crippen molar-refractivity contribution in [3.63, 3.8) is 0 Å². The fourth-order valence-electron chi connectivity index (χ4n) is 2.26. The molecule has 0 bridgehead atoms. The first-order chi connectivity index (χ1) is 11.5. The molecule has 0 aliphatic carbocycles. The van der Waals surface area contributed by atoms with Crippen LogP contribution in [0.1, 0.15) is 24.4 Å². The molecule has 0 radical (unpaired) electrons. The van der Waals surface area contributed by atoms with E-state index in [0.29, 0.717) is 25.9 Å². The molecule has 0 atom stereocenters. The van der Waals surface area contributed by atoms with Crippen LogP contribution in [0.4, 0.5) is 11.4 Å². The zero-order valence-electron chi connectivity index (χ0n) is 13.8. The maximum atomic E-state index is 12.1. The lowest BCUT2D eigenvalue weighted by Crippen LogP contribution is -2.26. The van der Waals surface area contributed by atoms with Crippen LogP contribution in [0.2, 0.25) is 0 Å². The quantitative estimate of drug-likeness (QED) is 0.455. The Morgan fingerprint density at radius 2 is 1.96 bits per heavy atom. The van der Waals surface area contributed by atoms with Gasteiger partial charge >= 0.3 is 0 Å². The van der Waals surface area contributed by atoms with E-state index in [1.54, 1.807) is 24.1 Å². The Bertz CT molecular complexity index is 694. The number of amides is 1. The topological polar surface area (TPSA) is 88.6 Å². The number of non-ortho nitro benzene ring substituents is 1. The number of carbonyl (C=O) groups excluding carboxylic acids is 1. The molecule has 2 aromatic rings. The van der Waals surface area contributed by atoms with Crippen molar-refractivity contribution in [1.82, 2.24) is 4.90 Å². The molecule has 0 aliphatic rings. The van der Waals surface area contributed by atoms with Gasteiger partial charge in [-0.05, 0) is 37.6 Å². The molecule has 1 aromatic heterocycles. The Balaban J connectivity index is 1.69. The highest BCUT2D eigenvalue weighted by Gasteiger charge is 2.11. The largest absolute Gasteiger partial charge is 0.464 e. The molecule has 0 spiro atoms. The lowest BCUT2D eigenvalue weighted by molar-refractivity contribution is -0.384. The third-order valence-electron chi connectivity index (χ3n) is 3.59. The molecule has 2 rings (SSSR count). The molecule has 1 heterocycles. The first kappa shape index (κ1) is 17.5. The van der Waals surface area contributed by atoms with E-state index < -0.39 is 4.92 Å². The van der Waals surface area contributed by atoms with Crippen LogP contribution < -0.4 is 5.32 Å². The fourth-order valence-corrected chi connectivity index (χ4v) is 2.26. The fraction of sp³-hybridized carbons (Fsp3) is 0.353. The minimum absolute atomic E-state index is 0.0505. The summed E-state index contributed by atoms with van der Waals surface area (Å²) in [6.07, 6.45) is 1.10. The van der Waals surface area contributed by atoms with Gasteiger partial charge in [0.1, 0.15) is 11.5 Å². The van der Waals surface area contributed by atoms with Crippen molar-refractivity contribution >= 4 is 17.3 Å². The number of anilines is 1. The van der Waals surface area contributed by atoms with Crippen molar-refractivity contribution in [3.8, 4) is 0 Å². The van der Waals surface area contributed by atoms with E-state index in [2.05, 4.69) is 5.32 Å². The minimum Gasteiger partial charge on any atom is -0.464 e. The Labute approximate surface area is 140 Å². The first-order valence-electron chi connectivity index (χ1n) is 7.73. The number of nitrogens with zero attached hydrogens (tertiary/aromatic N) is 2. The van der Waals surface area contributed by atoms with Gasteiger partial charge in [-0.2, -0.15) is 0 Å². The zero-order chi connectivity index (χ0) is 17.5. The summed E-state index contributed by atoms with van der Waals surface area (Å²) in [7, 11) is 1.75. The van der Waals surface area contributed by atoms with E-state index in [-0.39, 0.29) is 11.6 Å². The summed E-state index contributed by atoms with van der Waals surface area (Å²) in [6.45, 7) is 2.95. The molecule has 0 fully saturated rings. The molecule has 1 aromatic carbocycles. The minimum atomic E-state index is -0.432. The highest BCUT2D eigenvalue weighted by atomic mass is 16.6. The molecule has 24 heavy (non-hydrogen) atoms. The Morgan fingerprint density at radius 1 is 1.25 bits per heavy atom. The van der Waals surface area contributed by atoms with Gasteiger partial charge in [0.25, 0.3) is 5.69 Å². The lowest BCUT2D eigenvalue weighted by atomic mass is 10.2. The number of rotatable bonds is 8. The average Bonchev–Trinajstić information content (AvgIpc) is 2.96. The molecule has 0 saturated carbocycles. The first-order valence-corrected chi connectivity index (χ1v) is 7.73. The number of nitro benzene ring substituents is 1. The molecule has 1 amide bonds. The number of aryl methyl sites for hydroxylation is 1. The normalized spacial score (nSPS) is 10.4. The molecule has 1 N–H and O–H groups in total. The smallest absolute Gasteiger partial charge is 0.269 e. The van der Waals surface area contributed by atoms with Crippen LogP contribution in [0.5, 0.6) is 0 Å². The van der Waals surface area contributed by atoms with Gasteiger partial charge in [-0.25, -0.2) is 0 Å². The summed E-state index contributed by atoms with van der Waals surface area (Å²) >= 11 is 0. The maximum Gasteiger partial charge on any atom is 0.269 e. The van der Waals surface area contributed by atoms with E-state index in [0.717, 1.165) is 17.2 Å². The summed E-state index contributed by atoms with van der Waals surface area (Å²) in [4.78, 5) is 23.9. The van der Waals surface area contributed by atoms with E-state index in [1.807, 2.05) is 19.1 Å². The molecule has 0 unspecified atom stereocenters. The van der Waals surface area contributed by atoms with Gasteiger partial charge in [0.2, 0.25) is 5.91 Å². The van der Waals surface area contributed by atoms with Gasteiger partial charge in [0.05, 0.1) is 11.5 Å². The van der Waals surface area contributed by atoms with Gasteiger partial charge in [0, 0.05) is 37.8 Å². The molecular weight excluding hydrogens is 310 g/mol. The van der Waals surface area contributed by atoms with E-state index in [9.17, 15) is 14.9 Å². The van der Waals surface area contributed by atoms with Crippen LogP contribution in [0.25, 0.3) is 0 Å². The number of carbonyl (C=O) groups is 1. The molecule has 7 nitrogen and oxygen atoms in total. The molecule has 7 heteroatoms. The van der Waals surface area contributed by atoms with E-state index in [1.165, 1.54) is 12.1 Å². The van der Waals surface area contributed by atoms with Crippen molar-refractivity contribution in [2.24, 2.45) is 0 Å². The summed E-state index contributed by atoms with van der Waals surface area (Å²) in [5, 5.41) is 13.7. The van der Waals surface area contributed by atoms with Crippen molar-refractivity contribution in [2.75, 3.05) is 18.9 Å². The Morgan fingerprint density at radius 3 is 2.54 bits per heavy atom. The standard InChI is InChI=1S/C17H21N3O4/c1-13-5-10-16(24-13)12-19(2)17(21)4-3-11-18-14-6-8-15(9-7-14)20(22)23/h5-10,18H,3-4,11-12H2,1-2H3. The number of nitro groups is 1. The van der Waals surface area contributed by atoms with Gasteiger partial charge in [-0.1, -0.05) is 0 Å². The summed E-state index contributed by atoms with van der Waals surface area (Å²) in [5.74, 6) is 1.65. The van der Waals surface area contributed by atoms with Crippen molar-refractivity contribution < 1.29 is 14.1 Å². The van der Waals surface area contributed by atoms with Crippen LogP contribution in [0, 0.1) is 17.0 Å². The second-order valence-corrected chi connectivity index (χ2v) is 5.60. The Kier molecular flexibility index (Phi) is 5.95. The summed E-state index contributed by atoms with van der Waals surface area (Å²) < 4.78 is 5.46. The van der Waals surface area contributed by atoms with Crippen molar-refractivity contribution in [2.45, 2.75) is 26.3 Å². The summed E-state index contributed by atoms with van der Waals surface area (Å²) in [6, 6.07) is 9.97. The van der Waals surface area contributed by atoms with Crippen LogP contribution in [-0.2, 0) is 11.3 Å². The SMILES string of the molecule is Cc1ccc(CN(C)C(=O)CCCNc2ccc([N+](=O)[O-])cc2)o1. The van der Waals surface area contributed by atoms with Crippen LogP contribution >= 0.6 is 0 Å². The molecule has 128 valence electrons. The van der Waals surface area contributed by atoms with E-state index in [4.69, 9.17) is 4.42 Å². The van der Waals surface area contributed by atoms with Crippen LogP contribution in [0.15, 0.2) is 40.8 Å². The number of hydrogen-bond donors (Lipinski definition) is 1. The monoisotopic (exact) mass is 331 g/mol. The van der Waals surface area contributed by atoms with Crippen molar-refractivity contribution in [1.29, 1.82) is 0 Å². The predicted octanol–water partition coefficient (Wildman–Crippen LogP) is 3.35. The molecular formula is C17H21N3O4. The summed E-state index contributed by atoms with van der Waals surface area (Å²) in [5.41, 5.74) is 0.859. The number of benzene rings is 1. The third kappa shape index (κ3) is 5.12. The van der Waals surface area contributed by atoms with Gasteiger partial charge in [0.15, 0.2) is 0 Å². The van der Waals surface area contributed by atoms with Gasteiger partial charge in [-0.3, -0.25) is 14.9 Å². The predicted molar refractivity (Wildman–Crippen MR) is 90.7 cm³/mol. The molecule has 0 aliphatic heterocycles. The average molecular weight is 331 g/mol. The number of hydrogen-bond acceptors (Lipinski definition) is 5. The highest BCUT2D eigenvalue weighted by Crippen LogP contribution is 2.15. The van der Waals surface area contributed by atoms with E-state index >= 15 is 0 Å². The second kappa shape index (κ2) is 8.14. The van der Waals surface area contributed by atoms with Crippen molar-refractivity contribution in [3.05, 3.63) is 58.0 Å². The highest BCUT2D eigenvalue weighted by molar-refractivity contribution is 5.75.